The standard InChI is InChI=1S/C25H21ClN4O4S/c1-3-18-5-4-16(10-22(18)34-23-11-17(13-27)9-19(14-28)25(23)26)12-24(31)30-21-7-6-20(8-15(21)2)35(29,32)33/h4-11H,3,12H2,1-2H3,(H,30,31)(H2,29,32,33). The molecule has 0 bridgehead atoms. The summed E-state index contributed by atoms with van der Waals surface area (Å²) in [7, 11) is -3.84. The molecule has 10 heteroatoms. The maximum Gasteiger partial charge on any atom is 0.238 e. The molecule has 3 rings (SSSR count). The number of sulfonamides is 1. The van der Waals surface area contributed by atoms with Gasteiger partial charge in [0.15, 0.2) is 0 Å². The van der Waals surface area contributed by atoms with E-state index in [-0.39, 0.29) is 39.1 Å². The van der Waals surface area contributed by atoms with Crippen LogP contribution in [-0.2, 0) is 27.7 Å². The molecule has 0 aliphatic heterocycles. The van der Waals surface area contributed by atoms with Gasteiger partial charge in [0.05, 0.1) is 28.5 Å². The molecule has 0 saturated heterocycles. The number of halogens is 1. The summed E-state index contributed by atoms with van der Waals surface area (Å²) in [5.41, 5.74) is 2.88. The summed E-state index contributed by atoms with van der Waals surface area (Å²) in [6.45, 7) is 3.61. The SMILES string of the molecule is CCc1ccc(CC(=O)Nc2ccc(S(N)(=O)=O)cc2C)cc1Oc1cc(C#N)cc(C#N)c1Cl. The first-order chi connectivity index (χ1) is 16.5. The van der Waals surface area contributed by atoms with E-state index in [2.05, 4.69) is 5.32 Å². The zero-order valence-electron chi connectivity index (χ0n) is 18.9. The molecule has 0 saturated carbocycles. The number of amides is 1. The lowest BCUT2D eigenvalue weighted by Gasteiger charge is -2.14. The molecule has 3 aromatic carbocycles. The number of nitrogens with one attached hydrogen (secondary N) is 1. The van der Waals surface area contributed by atoms with Crippen LogP contribution in [0.4, 0.5) is 5.69 Å². The number of nitrogens with two attached hydrogens (primary N) is 1. The summed E-state index contributed by atoms with van der Waals surface area (Å²) in [6.07, 6.45) is 0.657. The lowest BCUT2D eigenvalue weighted by atomic mass is 10.1. The number of aryl methyl sites for hydroxylation is 2. The Labute approximate surface area is 208 Å². The van der Waals surface area contributed by atoms with Crippen molar-refractivity contribution in [2.45, 2.75) is 31.6 Å². The van der Waals surface area contributed by atoms with Gasteiger partial charge in [-0.1, -0.05) is 30.7 Å². The summed E-state index contributed by atoms with van der Waals surface area (Å²) in [6, 6.07) is 16.3. The van der Waals surface area contributed by atoms with Gasteiger partial charge in [0, 0.05) is 11.8 Å². The highest BCUT2D eigenvalue weighted by Crippen LogP contribution is 2.35. The normalized spacial score (nSPS) is 10.8. The van der Waals surface area contributed by atoms with Crippen LogP contribution in [0.1, 0.15) is 34.7 Å². The van der Waals surface area contributed by atoms with Gasteiger partial charge in [0.2, 0.25) is 15.9 Å². The minimum absolute atomic E-state index is 0.0200. The van der Waals surface area contributed by atoms with E-state index in [4.69, 9.17) is 21.5 Å². The molecule has 0 aliphatic rings. The fraction of sp³-hybridized carbons (Fsp3) is 0.160. The van der Waals surface area contributed by atoms with Crippen LogP contribution in [0, 0.1) is 29.6 Å². The van der Waals surface area contributed by atoms with Crippen molar-refractivity contribution in [3.63, 3.8) is 0 Å². The second-order valence-electron chi connectivity index (χ2n) is 7.70. The second-order valence-corrected chi connectivity index (χ2v) is 9.64. The number of nitrogens with zero attached hydrogens (tertiary/aromatic N) is 2. The molecule has 8 nitrogen and oxygen atoms in total. The van der Waals surface area contributed by atoms with Gasteiger partial charge in [-0.15, -0.1) is 0 Å². The average Bonchev–Trinajstić information content (AvgIpc) is 2.81. The molecule has 0 radical (unpaired) electrons. The van der Waals surface area contributed by atoms with Crippen LogP contribution >= 0.6 is 11.6 Å². The highest BCUT2D eigenvalue weighted by Gasteiger charge is 2.15. The van der Waals surface area contributed by atoms with Crippen molar-refractivity contribution in [2.24, 2.45) is 5.14 Å². The highest BCUT2D eigenvalue weighted by molar-refractivity contribution is 7.89. The summed E-state index contributed by atoms with van der Waals surface area (Å²) < 4.78 is 29.0. The fourth-order valence-corrected chi connectivity index (χ4v) is 4.15. The van der Waals surface area contributed by atoms with E-state index in [1.807, 2.05) is 25.1 Å². The van der Waals surface area contributed by atoms with Gasteiger partial charge >= 0.3 is 0 Å². The monoisotopic (exact) mass is 508 g/mol. The average molecular weight is 509 g/mol. The maximum atomic E-state index is 12.7. The Morgan fingerprint density at radius 2 is 1.83 bits per heavy atom. The summed E-state index contributed by atoms with van der Waals surface area (Å²) in [4.78, 5) is 12.6. The molecule has 178 valence electrons. The van der Waals surface area contributed by atoms with Gasteiger partial charge in [0.25, 0.3) is 0 Å². The number of rotatable bonds is 7. The number of hydrogen-bond acceptors (Lipinski definition) is 6. The molecule has 0 aromatic heterocycles. The van der Waals surface area contributed by atoms with Crippen molar-refractivity contribution in [3.05, 3.63) is 81.4 Å². The number of hydrogen-bond donors (Lipinski definition) is 2. The number of benzene rings is 3. The van der Waals surface area contributed by atoms with Crippen molar-refractivity contribution >= 4 is 33.2 Å². The molecular weight excluding hydrogens is 488 g/mol. The first-order valence-electron chi connectivity index (χ1n) is 10.4. The lowest BCUT2D eigenvalue weighted by Crippen LogP contribution is -2.16. The van der Waals surface area contributed by atoms with E-state index >= 15 is 0 Å². The minimum atomic E-state index is -3.84. The Kier molecular flexibility index (Phi) is 7.78. The second kappa shape index (κ2) is 10.6. The van der Waals surface area contributed by atoms with E-state index < -0.39 is 10.0 Å². The van der Waals surface area contributed by atoms with Crippen LogP contribution in [-0.4, -0.2) is 14.3 Å². The number of nitriles is 2. The van der Waals surface area contributed by atoms with E-state index in [0.717, 1.165) is 5.56 Å². The number of ether oxygens (including phenoxy) is 1. The third-order valence-corrected chi connectivity index (χ3v) is 6.49. The Hall–Kier alpha value is -3.89. The molecule has 3 aromatic rings. The Morgan fingerprint density at radius 3 is 2.43 bits per heavy atom. The molecular formula is C25H21ClN4O4S. The van der Waals surface area contributed by atoms with Crippen molar-refractivity contribution < 1.29 is 17.9 Å². The Bertz CT molecular complexity index is 1510. The molecule has 0 fully saturated rings. The van der Waals surface area contributed by atoms with Gasteiger partial charge in [-0.05, 0) is 60.4 Å². The zero-order valence-corrected chi connectivity index (χ0v) is 20.5. The molecule has 0 aliphatic carbocycles. The summed E-state index contributed by atoms with van der Waals surface area (Å²) >= 11 is 6.29. The van der Waals surface area contributed by atoms with E-state index in [9.17, 15) is 23.7 Å². The first-order valence-corrected chi connectivity index (χ1v) is 12.3. The van der Waals surface area contributed by atoms with Crippen LogP contribution in [0.3, 0.4) is 0 Å². The molecule has 0 spiro atoms. The maximum absolute atomic E-state index is 12.7. The molecule has 1 amide bonds. The molecule has 3 N–H and O–H groups in total. The lowest BCUT2D eigenvalue weighted by molar-refractivity contribution is -0.115. The van der Waals surface area contributed by atoms with Crippen molar-refractivity contribution in [1.82, 2.24) is 0 Å². The van der Waals surface area contributed by atoms with Crippen LogP contribution < -0.4 is 15.2 Å². The molecule has 0 unspecified atom stereocenters. The zero-order chi connectivity index (χ0) is 25.8. The molecule has 0 heterocycles. The van der Waals surface area contributed by atoms with Gasteiger partial charge in [-0.2, -0.15) is 10.5 Å². The number of primary sulfonamides is 1. The molecule has 0 atom stereocenters. The summed E-state index contributed by atoms with van der Waals surface area (Å²) in [5, 5.41) is 26.5. The van der Waals surface area contributed by atoms with Crippen LogP contribution in [0.2, 0.25) is 5.02 Å². The van der Waals surface area contributed by atoms with Gasteiger partial charge < -0.3 is 10.1 Å². The van der Waals surface area contributed by atoms with E-state index in [0.29, 0.717) is 29.0 Å². The van der Waals surface area contributed by atoms with Crippen molar-refractivity contribution in [3.8, 4) is 23.6 Å². The van der Waals surface area contributed by atoms with Gasteiger partial charge in [0.1, 0.15) is 22.6 Å². The van der Waals surface area contributed by atoms with Crippen molar-refractivity contribution in [2.75, 3.05) is 5.32 Å². The van der Waals surface area contributed by atoms with Crippen LogP contribution in [0.5, 0.6) is 11.5 Å². The minimum Gasteiger partial charge on any atom is -0.455 e. The largest absolute Gasteiger partial charge is 0.455 e. The highest BCUT2D eigenvalue weighted by atomic mass is 35.5. The number of carbonyl (C=O) groups excluding carboxylic acids is 1. The topological polar surface area (TPSA) is 146 Å². The molecule has 35 heavy (non-hydrogen) atoms. The number of anilines is 1. The van der Waals surface area contributed by atoms with E-state index in [1.54, 1.807) is 19.1 Å². The third-order valence-electron chi connectivity index (χ3n) is 5.19. The fourth-order valence-electron chi connectivity index (χ4n) is 3.37. The van der Waals surface area contributed by atoms with Crippen LogP contribution in [0.25, 0.3) is 0 Å². The smallest absolute Gasteiger partial charge is 0.238 e. The van der Waals surface area contributed by atoms with E-state index in [1.165, 1.54) is 30.3 Å². The van der Waals surface area contributed by atoms with Gasteiger partial charge in [-0.3, -0.25) is 4.79 Å². The van der Waals surface area contributed by atoms with Crippen molar-refractivity contribution in [1.29, 1.82) is 10.5 Å². The van der Waals surface area contributed by atoms with Gasteiger partial charge in [-0.25, -0.2) is 13.6 Å². The summed E-state index contributed by atoms with van der Waals surface area (Å²) in [5.74, 6) is 0.305. The third kappa shape index (κ3) is 6.17. The predicted octanol–water partition coefficient (Wildman–Crippen LogP) is 4.58. The first kappa shape index (κ1) is 25.7. The van der Waals surface area contributed by atoms with Crippen LogP contribution in [0.15, 0.2) is 53.4 Å². The number of carbonyl (C=O) groups is 1. The Balaban J connectivity index is 1.84. The quantitative estimate of drug-likeness (QED) is 0.477. The predicted molar refractivity (Wildman–Crippen MR) is 132 cm³/mol. The Morgan fingerprint density at radius 1 is 1.09 bits per heavy atom.